The van der Waals surface area contributed by atoms with Crippen molar-refractivity contribution < 1.29 is 9.53 Å². The molecule has 0 heterocycles. The second kappa shape index (κ2) is 7.31. The minimum atomic E-state index is -0.416. The first kappa shape index (κ1) is 15.7. The van der Waals surface area contributed by atoms with Crippen molar-refractivity contribution in [2.24, 2.45) is 0 Å². The lowest BCUT2D eigenvalue weighted by Crippen LogP contribution is -2.35. The molecule has 0 radical (unpaired) electrons. The maximum Gasteiger partial charge on any atom is 0.337 e. The number of anilines is 1. The van der Waals surface area contributed by atoms with Gasteiger partial charge in [0.25, 0.3) is 0 Å². The molecule has 104 valence electrons. The molecule has 4 nitrogen and oxygen atoms in total. The van der Waals surface area contributed by atoms with Crippen LogP contribution in [0.1, 0.15) is 30.6 Å². The lowest BCUT2D eigenvalue weighted by Gasteiger charge is -2.16. The second-order valence-electron chi connectivity index (χ2n) is 4.09. The van der Waals surface area contributed by atoms with E-state index in [9.17, 15) is 4.79 Å². The molecule has 0 aliphatic heterocycles. The summed E-state index contributed by atoms with van der Waals surface area (Å²) in [6.07, 6.45) is 0.956. The largest absolute Gasteiger partial charge is 0.465 e. The summed E-state index contributed by atoms with van der Waals surface area (Å²) in [5.74, 6) is -0.416. The van der Waals surface area contributed by atoms with Gasteiger partial charge in [0.15, 0.2) is 5.11 Å². The number of ether oxygens (including phenoxy) is 1. The van der Waals surface area contributed by atoms with Crippen molar-refractivity contribution in [1.29, 1.82) is 0 Å². The fourth-order valence-corrected chi connectivity index (χ4v) is 1.83. The molecule has 0 spiro atoms. The average Bonchev–Trinajstić information content (AvgIpc) is 2.40. The number of hydrogen-bond donors (Lipinski definition) is 2. The molecule has 0 aliphatic rings. The molecule has 19 heavy (non-hydrogen) atoms. The first-order chi connectivity index (χ1) is 8.97. The number of halogens is 1. The van der Waals surface area contributed by atoms with Crippen LogP contribution in [0.3, 0.4) is 0 Å². The highest BCUT2D eigenvalue weighted by atomic mass is 35.5. The van der Waals surface area contributed by atoms with Gasteiger partial charge < -0.3 is 15.4 Å². The standard InChI is InChI=1S/C13H17ClN2O2S/c1-4-8(2)15-13(19)16-11-7-9(12(17)18-3)5-6-10(11)14/h5-8H,4H2,1-3H3,(H2,15,16,19)/t8-/m1/s1. The molecule has 1 aromatic carbocycles. The fraction of sp³-hybridized carbons (Fsp3) is 0.385. The molecule has 0 saturated carbocycles. The average molecular weight is 301 g/mol. The highest BCUT2D eigenvalue weighted by molar-refractivity contribution is 7.80. The highest BCUT2D eigenvalue weighted by Gasteiger charge is 2.10. The zero-order valence-electron chi connectivity index (χ0n) is 11.1. The summed E-state index contributed by atoms with van der Waals surface area (Å²) < 4.78 is 4.66. The Labute approximate surface area is 123 Å². The third-order valence-electron chi connectivity index (χ3n) is 2.63. The van der Waals surface area contributed by atoms with Crippen molar-refractivity contribution in [3.8, 4) is 0 Å². The molecule has 0 bridgehead atoms. The van der Waals surface area contributed by atoms with Gasteiger partial charge >= 0.3 is 5.97 Å². The fourth-order valence-electron chi connectivity index (χ4n) is 1.35. The third-order valence-corrected chi connectivity index (χ3v) is 3.18. The molecule has 0 saturated heterocycles. The first-order valence-corrected chi connectivity index (χ1v) is 6.72. The van der Waals surface area contributed by atoms with Gasteiger partial charge in [-0.3, -0.25) is 0 Å². The Morgan fingerprint density at radius 1 is 1.53 bits per heavy atom. The molecule has 0 unspecified atom stereocenters. The van der Waals surface area contributed by atoms with Crippen molar-refractivity contribution in [3.63, 3.8) is 0 Å². The van der Waals surface area contributed by atoms with Crippen LogP contribution in [0.4, 0.5) is 5.69 Å². The second-order valence-corrected chi connectivity index (χ2v) is 4.91. The van der Waals surface area contributed by atoms with Crippen LogP contribution in [0, 0.1) is 0 Å². The highest BCUT2D eigenvalue weighted by Crippen LogP contribution is 2.23. The topological polar surface area (TPSA) is 50.4 Å². The van der Waals surface area contributed by atoms with Crippen LogP contribution in [-0.4, -0.2) is 24.2 Å². The van der Waals surface area contributed by atoms with E-state index in [2.05, 4.69) is 22.3 Å². The summed E-state index contributed by atoms with van der Waals surface area (Å²) in [7, 11) is 1.33. The van der Waals surface area contributed by atoms with Crippen LogP contribution in [0.25, 0.3) is 0 Å². The maximum atomic E-state index is 11.4. The maximum absolute atomic E-state index is 11.4. The molecular weight excluding hydrogens is 284 g/mol. The number of esters is 1. The summed E-state index contributed by atoms with van der Waals surface area (Å²) in [5, 5.41) is 7.05. The van der Waals surface area contributed by atoms with E-state index in [1.54, 1.807) is 18.2 Å². The Morgan fingerprint density at radius 2 is 2.21 bits per heavy atom. The van der Waals surface area contributed by atoms with Crippen LogP contribution < -0.4 is 10.6 Å². The normalized spacial score (nSPS) is 11.6. The first-order valence-electron chi connectivity index (χ1n) is 5.93. The molecule has 0 amide bonds. The molecule has 1 atom stereocenters. The van der Waals surface area contributed by atoms with E-state index in [1.807, 2.05) is 6.92 Å². The molecule has 2 N–H and O–H groups in total. The number of carbonyl (C=O) groups is 1. The molecule has 6 heteroatoms. The summed E-state index contributed by atoms with van der Waals surface area (Å²) in [6, 6.07) is 5.10. The van der Waals surface area contributed by atoms with Crippen LogP contribution in [0.2, 0.25) is 5.02 Å². The Kier molecular flexibility index (Phi) is 6.05. The number of thiocarbonyl (C=S) groups is 1. The van der Waals surface area contributed by atoms with Gasteiger partial charge in [-0.2, -0.15) is 0 Å². The van der Waals surface area contributed by atoms with Gasteiger partial charge in [-0.15, -0.1) is 0 Å². The quantitative estimate of drug-likeness (QED) is 0.660. The van der Waals surface area contributed by atoms with Crippen LogP contribution in [-0.2, 0) is 4.74 Å². The summed E-state index contributed by atoms with van der Waals surface area (Å²) in [4.78, 5) is 11.4. The number of hydrogen-bond acceptors (Lipinski definition) is 3. The monoisotopic (exact) mass is 300 g/mol. The van der Waals surface area contributed by atoms with Crippen LogP contribution in [0.15, 0.2) is 18.2 Å². The van der Waals surface area contributed by atoms with Crippen molar-refractivity contribution in [2.45, 2.75) is 26.3 Å². The minimum absolute atomic E-state index is 0.266. The Bertz CT molecular complexity index is 480. The van der Waals surface area contributed by atoms with Crippen LogP contribution in [0.5, 0.6) is 0 Å². The van der Waals surface area contributed by atoms with Crippen LogP contribution >= 0.6 is 23.8 Å². The predicted molar refractivity (Wildman–Crippen MR) is 81.9 cm³/mol. The van der Waals surface area contributed by atoms with E-state index in [0.717, 1.165) is 6.42 Å². The molecule has 0 fully saturated rings. The van der Waals surface area contributed by atoms with E-state index in [-0.39, 0.29) is 6.04 Å². The van der Waals surface area contributed by atoms with E-state index in [0.29, 0.717) is 21.4 Å². The zero-order chi connectivity index (χ0) is 14.4. The molecule has 0 aromatic heterocycles. The van der Waals surface area contributed by atoms with E-state index in [4.69, 9.17) is 23.8 Å². The van der Waals surface area contributed by atoms with Gasteiger partial charge in [0.1, 0.15) is 0 Å². The van der Waals surface area contributed by atoms with E-state index in [1.165, 1.54) is 7.11 Å². The molecule has 1 aromatic rings. The van der Waals surface area contributed by atoms with Gasteiger partial charge in [0, 0.05) is 6.04 Å². The van der Waals surface area contributed by atoms with Crippen molar-refractivity contribution in [2.75, 3.05) is 12.4 Å². The molecule has 0 aliphatic carbocycles. The van der Waals surface area contributed by atoms with Crippen molar-refractivity contribution >= 4 is 40.6 Å². The van der Waals surface area contributed by atoms with Crippen molar-refractivity contribution in [1.82, 2.24) is 5.32 Å². The zero-order valence-corrected chi connectivity index (χ0v) is 12.7. The number of nitrogens with one attached hydrogen (secondary N) is 2. The Hall–Kier alpha value is -1.33. The Morgan fingerprint density at radius 3 is 2.79 bits per heavy atom. The summed E-state index contributed by atoms with van der Waals surface area (Å²) >= 11 is 11.2. The lowest BCUT2D eigenvalue weighted by atomic mass is 10.2. The third kappa shape index (κ3) is 4.69. The Balaban J connectivity index is 2.82. The summed E-state index contributed by atoms with van der Waals surface area (Å²) in [6.45, 7) is 4.09. The summed E-state index contributed by atoms with van der Waals surface area (Å²) in [5.41, 5.74) is 0.992. The van der Waals surface area contributed by atoms with Gasteiger partial charge in [-0.05, 0) is 43.8 Å². The smallest absolute Gasteiger partial charge is 0.337 e. The van der Waals surface area contributed by atoms with E-state index < -0.39 is 5.97 Å². The van der Waals surface area contributed by atoms with Gasteiger partial charge in [0.2, 0.25) is 0 Å². The number of benzene rings is 1. The van der Waals surface area contributed by atoms with Gasteiger partial charge in [0.05, 0.1) is 23.4 Å². The van der Waals surface area contributed by atoms with Gasteiger partial charge in [-0.1, -0.05) is 18.5 Å². The van der Waals surface area contributed by atoms with E-state index >= 15 is 0 Å². The SMILES string of the molecule is CC[C@@H](C)NC(=S)Nc1cc(C(=O)OC)ccc1Cl. The minimum Gasteiger partial charge on any atom is -0.465 e. The lowest BCUT2D eigenvalue weighted by molar-refractivity contribution is 0.0601. The van der Waals surface area contributed by atoms with Crippen molar-refractivity contribution in [3.05, 3.63) is 28.8 Å². The number of carbonyl (C=O) groups excluding carboxylic acids is 1. The number of rotatable bonds is 4. The molecule has 1 rings (SSSR count). The predicted octanol–water partition coefficient (Wildman–Crippen LogP) is 3.21. The molecular formula is C13H17ClN2O2S. The van der Waals surface area contributed by atoms with Gasteiger partial charge in [-0.25, -0.2) is 4.79 Å². The number of methoxy groups -OCH3 is 1.